The predicted molar refractivity (Wildman–Crippen MR) is 97.0 cm³/mol. The van der Waals surface area contributed by atoms with Crippen LogP contribution in [0.4, 0.5) is 0 Å². The van der Waals surface area contributed by atoms with E-state index in [0.29, 0.717) is 17.2 Å². The van der Waals surface area contributed by atoms with E-state index in [0.717, 1.165) is 11.1 Å². The second-order valence-corrected chi connectivity index (χ2v) is 6.16. The summed E-state index contributed by atoms with van der Waals surface area (Å²) in [6.45, 7) is 3.86. The van der Waals surface area contributed by atoms with Crippen LogP contribution in [0.15, 0.2) is 36.4 Å². The van der Waals surface area contributed by atoms with Crippen LogP contribution in [0, 0.1) is 6.92 Å². The zero-order valence-corrected chi connectivity index (χ0v) is 15.4. The number of ether oxygens (including phenoxy) is 4. The number of hydrogen-bond donors (Lipinski definition) is 1. The highest BCUT2D eigenvalue weighted by Crippen LogP contribution is 2.32. The van der Waals surface area contributed by atoms with Crippen molar-refractivity contribution in [1.29, 1.82) is 0 Å². The summed E-state index contributed by atoms with van der Waals surface area (Å²) < 4.78 is 21.0. The maximum atomic E-state index is 12.4. The van der Waals surface area contributed by atoms with E-state index in [1.165, 1.54) is 14.0 Å². The largest absolute Gasteiger partial charge is 0.496 e. The van der Waals surface area contributed by atoms with Gasteiger partial charge in [0.1, 0.15) is 11.3 Å². The molecule has 27 heavy (non-hydrogen) atoms. The topological polar surface area (TPSA) is 83.1 Å². The molecule has 0 unspecified atom stereocenters. The van der Waals surface area contributed by atoms with Gasteiger partial charge < -0.3 is 24.3 Å². The SMILES string of the molecule is COc1ccc(C)cc1C(=O)O[C@H](C)C(=O)NCc1ccc2c(c1)OCO2. The average molecular weight is 371 g/mol. The van der Waals surface area contributed by atoms with Crippen molar-refractivity contribution in [1.82, 2.24) is 5.32 Å². The second-order valence-electron chi connectivity index (χ2n) is 6.16. The van der Waals surface area contributed by atoms with E-state index < -0.39 is 18.0 Å². The molecule has 1 N–H and O–H groups in total. The van der Waals surface area contributed by atoms with Crippen LogP contribution in [0.2, 0.25) is 0 Å². The van der Waals surface area contributed by atoms with Crippen molar-refractivity contribution in [2.45, 2.75) is 26.5 Å². The maximum Gasteiger partial charge on any atom is 0.342 e. The molecule has 142 valence electrons. The number of amides is 1. The highest BCUT2D eigenvalue weighted by molar-refractivity contribution is 5.94. The van der Waals surface area contributed by atoms with E-state index in [1.54, 1.807) is 24.3 Å². The lowest BCUT2D eigenvalue weighted by atomic mass is 10.1. The first-order valence-electron chi connectivity index (χ1n) is 8.50. The number of hydrogen-bond acceptors (Lipinski definition) is 6. The molecule has 0 radical (unpaired) electrons. The third-order valence-electron chi connectivity index (χ3n) is 4.13. The average Bonchev–Trinajstić information content (AvgIpc) is 3.13. The van der Waals surface area contributed by atoms with E-state index in [4.69, 9.17) is 18.9 Å². The number of carbonyl (C=O) groups is 2. The summed E-state index contributed by atoms with van der Waals surface area (Å²) in [5.74, 6) is 0.722. The second kappa shape index (κ2) is 7.99. The molecule has 1 heterocycles. The fourth-order valence-electron chi connectivity index (χ4n) is 2.64. The van der Waals surface area contributed by atoms with Crippen LogP contribution in [0.1, 0.15) is 28.4 Å². The molecular weight excluding hydrogens is 350 g/mol. The van der Waals surface area contributed by atoms with Gasteiger partial charge in [-0.2, -0.15) is 0 Å². The molecule has 7 nitrogen and oxygen atoms in total. The van der Waals surface area contributed by atoms with Crippen molar-refractivity contribution in [3.63, 3.8) is 0 Å². The summed E-state index contributed by atoms with van der Waals surface area (Å²) >= 11 is 0. The number of methoxy groups -OCH3 is 1. The normalized spacial score (nSPS) is 13.0. The Kier molecular flexibility index (Phi) is 5.49. The molecule has 0 bridgehead atoms. The summed E-state index contributed by atoms with van der Waals surface area (Å²) in [7, 11) is 1.48. The minimum absolute atomic E-state index is 0.195. The summed E-state index contributed by atoms with van der Waals surface area (Å²) in [5.41, 5.74) is 2.03. The monoisotopic (exact) mass is 371 g/mol. The van der Waals surface area contributed by atoms with Crippen LogP contribution in [-0.2, 0) is 16.1 Å². The number of nitrogens with one attached hydrogen (secondary N) is 1. The molecule has 0 spiro atoms. The Labute approximate surface area is 157 Å². The molecule has 0 aromatic heterocycles. The highest BCUT2D eigenvalue weighted by atomic mass is 16.7. The molecule has 0 aliphatic carbocycles. The Hall–Kier alpha value is -3.22. The van der Waals surface area contributed by atoms with Crippen molar-refractivity contribution in [3.8, 4) is 17.2 Å². The fourth-order valence-corrected chi connectivity index (χ4v) is 2.64. The van der Waals surface area contributed by atoms with Crippen LogP contribution >= 0.6 is 0 Å². The minimum Gasteiger partial charge on any atom is -0.496 e. The molecule has 1 aliphatic rings. The lowest BCUT2D eigenvalue weighted by molar-refractivity contribution is -0.129. The summed E-state index contributed by atoms with van der Waals surface area (Å²) in [4.78, 5) is 24.6. The molecule has 2 aromatic rings. The number of carbonyl (C=O) groups excluding carboxylic acids is 2. The molecule has 0 saturated carbocycles. The zero-order valence-electron chi connectivity index (χ0n) is 15.4. The van der Waals surface area contributed by atoms with Gasteiger partial charge in [0.05, 0.1) is 7.11 Å². The van der Waals surface area contributed by atoms with E-state index >= 15 is 0 Å². The van der Waals surface area contributed by atoms with Crippen molar-refractivity contribution in [2.24, 2.45) is 0 Å². The quantitative estimate of drug-likeness (QED) is 0.786. The molecule has 0 fully saturated rings. The van der Waals surface area contributed by atoms with Crippen molar-refractivity contribution >= 4 is 11.9 Å². The summed E-state index contributed by atoms with van der Waals surface area (Å²) in [6.07, 6.45) is -0.947. The van der Waals surface area contributed by atoms with Crippen LogP contribution in [-0.4, -0.2) is 31.9 Å². The van der Waals surface area contributed by atoms with Crippen LogP contribution in [0.3, 0.4) is 0 Å². The highest BCUT2D eigenvalue weighted by Gasteiger charge is 2.21. The van der Waals surface area contributed by atoms with Gasteiger partial charge in [0, 0.05) is 6.54 Å². The summed E-state index contributed by atoms with van der Waals surface area (Å²) in [6, 6.07) is 10.6. The fraction of sp³-hybridized carbons (Fsp3) is 0.300. The van der Waals surface area contributed by atoms with Gasteiger partial charge in [0.15, 0.2) is 17.6 Å². The van der Waals surface area contributed by atoms with E-state index in [2.05, 4.69) is 5.32 Å². The Morgan fingerprint density at radius 3 is 2.70 bits per heavy atom. The van der Waals surface area contributed by atoms with Crippen LogP contribution < -0.4 is 19.5 Å². The van der Waals surface area contributed by atoms with Crippen molar-refractivity contribution < 1.29 is 28.5 Å². The number of esters is 1. The van der Waals surface area contributed by atoms with E-state index in [-0.39, 0.29) is 18.9 Å². The maximum absolute atomic E-state index is 12.4. The first-order chi connectivity index (χ1) is 13.0. The van der Waals surface area contributed by atoms with Gasteiger partial charge in [-0.1, -0.05) is 17.7 Å². The molecule has 1 aliphatic heterocycles. The zero-order chi connectivity index (χ0) is 19.4. The molecule has 7 heteroatoms. The molecule has 1 amide bonds. The smallest absolute Gasteiger partial charge is 0.342 e. The Morgan fingerprint density at radius 2 is 1.93 bits per heavy atom. The standard InChI is InChI=1S/C20H21NO6/c1-12-4-6-16(24-3)15(8-12)20(23)27-13(2)19(22)21-10-14-5-7-17-18(9-14)26-11-25-17/h4-9,13H,10-11H2,1-3H3,(H,21,22)/t13-/m1/s1. The van der Waals surface area contributed by atoms with Gasteiger partial charge in [0.2, 0.25) is 6.79 Å². The first-order valence-corrected chi connectivity index (χ1v) is 8.50. The minimum atomic E-state index is -0.947. The number of rotatable bonds is 6. The van der Waals surface area contributed by atoms with Crippen LogP contribution in [0.5, 0.6) is 17.2 Å². The lowest BCUT2D eigenvalue weighted by Crippen LogP contribution is -2.35. The van der Waals surface area contributed by atoms with E-state index in [1.807, 2.05) is 19.1 Å². The van der Waals surface area contributed by atoms with Gasteiger partial charge in [-0.3, -0.25) is 4.79 Å². The Bertz CT molecular complexity index is 864. The van der Waals surface area contributed by atoms with Gasteiger partial charge in [-0.15, -0.1) is 0 Å². The van der Waals surface area contributed by atoms with Gasteiger partial charge in [-0.25, -0.2) is 4.79 Å². The molecule has 3 rings (SSSR count). The van der Waals surface area contributed by atoms with Gasteiger partial charge in [0.25, 0.3) is 5.91 Å². The lowest BCUT2D eigenvalue weighted by Gasteiger charge is -2.15. The molecule has 1 atom stereocenters. The van der Waals surface area contributed by atoms with Crippen molar-refractivity contribution in [3.05, 3.63) is 53.1 Å². The third kappa shape index (κ3) is 4.31. The summed E-state index contributed by atoms with van der Waals surface area (Å²) in [5, 5.41) is 2.74. The molecular formula is C20H21NO6. The third-order valence-corrected chi connectivity index (χ3v) is 4.13. The molecule has 2 aromatic carbocycles. The van der Waals surface area contributed by atoms with E-state index in [9.17, 15) is 9.59 Å². The number of aryl methyl sites for hydroxylation is 1. The first kappa shape index (κ1) is 18.6. The van der Waals surface area contributed by atoms with Gasteiger partial charge in [-0.05, 0) is 43.7 Å². The Morgan fingerprint density at radius 1 is 1.15 bits per heavy atom. The van der Waals surface area contributed by atoms with Crippen LogP contribution in [0.25, 0.3) is 0 Å². The molecule has 0 saturated heterocycles. The van der Waals surface area contributed by atoms with Crippen molar-refractivity contribution in [2.75, 3.05) is 13.9 Å². The van der Waals surface area contributed by atoms with Gasteiger partial charge >= 0.3 is 5.97 Å². The Balaban J connectivity index is 1.57. The number of fused-ring (bicyclic) bond motifs is 1. The number of benzene rings is 2. The predicted octanol–water partition coefficient (Wildman–Crippen LogP) is 2.59.